The molecule has 2 rings (SSSR count). The Morgan fingerprint density at radius 1 is 1.38 bits per heavy atom. The van der Waals surface area contributed by atoms with Crippen LogP contribution in [0.5, 0.6) is 0 Å². The number of hydrogen-bond donors (Lipinski definition) is 1. The third-order valence-corrected chi connectivity index (χ3v) is 3.20. The zero-order valence-electron chi connectivity index (χ0n) is 9.22. The summed E-state index contributed by atoms with van der Waals surface area (Å²) in [6.45, 7) is 1.69. The van der Waals surface area contributed by atoms with Gasteiger partial charge in [0.1, 0.15) is 0 Å². The Morgan fingerprint density at radius 3 is 2.75 bits per heavy atom. The average Bonchev–Trinajstić information content (AvgIpc) is 2.30. The molecule has 16 heavy (non-hydrogen) atoms. The summed E-state index contributed by atoms with van der Waals surface area (Å²) in [5.74, 6) is 0.983. The minimum atomic E-state index is 0. The van der Waals surface area contributed by atoms with Gasteiger partial charge in [0, 0.05) is 5.75 Å². The van der Waals surface area contributed by atoms with Crippen LogP contribution < -0.4 is 5.32 Å². The minimum absolute atomic E-state index is 0. The van der Waals surface area contributed by atoms with Crippen molar-refractivity contribution in [1.82, 2.24) is 10.2 Å². The van der Waals surface area contributed by atoms with Crippen molar-refractivity contribution in [3.05, 3.63) is 35.9 Å². The quantitative estimate of drug-likeness (QED) is 0.880. The molecule has 0 fully saturated rings. The molecule has 88 valence electrons. The third kappa shape index (κ3) is 4.04. The molecule has 0 spiro atoms. The second-order valence-electron chi connectivity index (χ2n) is 3.57. The van der Waals surface area contributed by atoms with Gasteiger partial charge in [-0.15, -0.1) is 12.4 Å². The van der Waals surface area contributed by atoms with Crippen molar-refractivity contribution in [3.8, 4) is 0 Å². The van der Waals surface area contributed by atoms with Crippen molar-refractivity contribution in [2.75, 3.05) is 20.4 Å². The van der Waals surface area contributed by atoms with Gasteiger partial charge in [-0.05, 0) is 12.6 Å². The van der Waals surface area contributed by atoms with Gasteiger partial charge in [-0.3, -0.25) is 4.90 Å². The van der Waals surface area contributed by atoms with E-state index in [0.29, 0.717) is 0 Å². The first-order valence-electron chi connectivity index (χ1n) is 4.98. The van der Waals surface area contributed by atoms with E-state index in [1.165, 1.54) is 5.56 Å². The zero-order valence-corrected chi connectivity index (χ0v) is 10.9. The molecule has 0 saturated heterocycles. The normalized spacial score (nSPS) is 15.9. The highest BCUT2D eigenvalue weighted by Crippen LogP contribution is 2.13. The van der Waals surface area contributed by atoms with Crippen molar-refractivity contribution in [2.24, 2.45) is 4.99 Å². The van der Waals surface area contributed by atoms with Crippen LogP contribution in [0.3, 0.4) is 0 Å². The number of benzene rings is 1. The van der Waals surface area contributed by atoms with E-state index in [-0.39, 0.29) is 12.4 Å². The van der Waals surface area contributed by atoms with Crippen molar-refractivity contribution in [3.63, 3.8) is 0 Å². The summed E-state index contributed by atoms with van der Waals surface area (Å²) in [6, 6.07) is 10.5. The van der Waals surface area contributed by atoms with E-state index in [0.717, 1.165) is 24.3 Å². The lowest BCUT2D eigenvalue weighted by Crippen LogP contribution is -2.39. The lowest BCUT2D eigenvalue weighted by atomic mass is 10.2. The maximum absolute atomic E-state index is 4.42. The molecule has 0 unspecified atom stereocenters. The molecule has 1 aliphatic heterocycles. The molecule has 1 aromatic carbocycles. The van der Waals surface area contributed by atoms with Crippen LogP contribution in [-0.4, -0.2) is 30.5 Å². The Bertz CT molecular complexity index is 342. The first-order chi connectivity index (χ1) is 7.34. The summed E-state index contributed by atoms with van der Waals surface area (Å²) in [6.07, 6.45) is 0. The topological polar surface area (TPSA) is 27.6 Å². The highest BCUT2D eigenvalue weighted by atomic mass is 35.5. The monoisotopic (exact) mass is 257 g/mol. The van der Waals surface area contributed by atoms with E-state index in [4.69, 9.17) is 0 Å². The Labute approximate surface area is 107 Å². The molecule has 0 radical (unpaired) electrons. The minimum Gasteiger partial charge on any atom is -0.352 e. The van der Waals surface area contributed by atoms with E-state index in [1.54, 1.807) is 11.8 Å². The van der Waals surface area contributed by atoms with Gasteiger partial charge in [-0.2, -0.15) is 0 Å². The summed E-state index contributed by atoms with van der Waals surface area (Å²) < 4.78 is 0. The number of nitrogens with zero attached hydrogens (tertiary/aromatic N) is 2. The van der Waals surface area contributed by atoms with Gasteiger partial charge >= 0.3 is 0 Å². The number of aliphatic imine (C=N–C) groups is 1. The Kier molecular flexibility index (Phi) is 5.66. The summed E-state index contributed by atoms with van der Waals surface area (Å²) in [5.41, 5.74) is 1.34. The van der Waals surface area contributed by atoms with Crippen LogP contribution in [0.2, 0.25) is 0 Å². The highest BCUT2D eigenvalue weighted by Gasteiger charge is 2.07. The molecular formula is C11H16ClN3S. The predicted molar refractivity (Wildman–Crippen MR) is 73.1 cm³/mol. The van der Waals surface area contributed by atoms with Gasteiger partial charge in [0.2, 0.25) is 0 Å². The fourth-order valence-corrected chi connectivity index (χ4v) is 2.13. The van der Waals surface area contributed by atoms with Gasteiger partial charge in [-0.1, -0.05) is 42.1 Å². The fourth-order valence-electron chi connectivity index (χ4n) is 1.32. The molecular weight excluding hydrogens is 242 g/mol. The molecule has 0 bridgehead atoms. The van der Waals surface area contributed by atoms with Crippen LogP contribution >= 0.6 is 24.2 Å². The lowest BCUT2D eigenvalue weighted by Gasteiger charge is -2.22. The van der Waals surface area contributed by atoms with Crippen LogP contribution in [0.4, 0.5) is 0 Å². The van der Waals surface area contributed by atoms with Crippen LogP contribution in [0.1, 0.15) is 5.56 Å². The van der Waals surface area contributed by atoms with Crippen molar-refractivity contribution >= 4 is 29.3 Å². The van der Waals surface area contributed by atoms with Crippen molar-refractivity contribution in [2.45, 2.75) is 5.75 Å². The van der Waals surface area contributed by atoms with E-state index in [9.17, 15) is 0 Å². The third-order valence-electron chi connectivity index (χ3n) is 2.17. The van der Waals surface area contributed by atoms with Gasteiger partial charge in [0.15, 0.2) is 5.17 Å². The molecule has 0 saturated carbocycles. The molecule has 1 N–H and O–H groups in total. The standard InChI is InChI=1S/C11H15N3S.ClH/c1-14-8-12-11(13-9-14)15-7-10-5-3-2-4-6-10;/h2-6H,7-9H2,1H3,(H,12,13);1H. The molecule has 0 amide bonds. The number of halogens is 1. The van der Waals surface area contributed by atoms with Gasteiger partial charge in [-0.25, -0.2) is 4.99 Å². The van der Waals surface area contributed by atoms with Crippen LogP contribution in [0.25, 0.3) is 0 Å². The first kappa shape index (κ1) is 13.4. The lowest BCUT2D eigenvalue weighted by molar-refractivity contribution is 0.326. The molecule has 0 aromatic heterocycles. The molecule has 0 atom stereocenters. The molecule has 1 heterocycles. The van der Waals surface area contributed by atoms with Gasteiger partial charge in [0.25, 0.3) is 0 Å². The van der Waals surface area contributed by atoms with Crippen molar-refractivity contribution < 1.29 is 0 Å². The Balaban J connectivity index is 0.00000128. The number of rotatable bonds is 2. The average molecular weight is 258 g/mol. The molecule has 0 aliphatic carbocycles. The molecule has 3 nitrogen and oxygen atoms in total. The number of thioether (sulfide) groups is 1. The fraction of sp³-hybridized carbons (Fsp3) is 0.364. The van der Waals surface area contributed by atoms with Crippen LogP contribution in [0.15, 0.2) is 35.3 Å². The second kappa shape index (κ2) is 6.78. The van der Waals surface area contributed by atoms with Gasteiger partial charge < -0.3 is 5.32 Å². The predicted octanol–water partition coefficient (Wildman–Crippen LogP) is 2.15. The molecule has 1 aliphatic rings. The highest BCUT2D eigenvalue weighted by molar-refractivity contribution is 8.13. The number of amidine groups is 1. The molecule has 1 aromatic rings. The number of nitrogens with one attached hydrogen (secondary N) is 1. The summed E-state index contributed by atoms with van der Waals surface area (Å²) in [4.78, 5) is 6.55. The largest absolute Gasteiger partial charge is 0.352 e. The SMILES string of the molecule is CN1CN=C(SCc2ccccc2)NC1.Cl. The summed E-state index contributed by atoms with van der Waals surface area (Å²) in [5, 5.41) is 4.33. The van der Waals surface area contributed by atoms with E-state index >= 15 is 0 Å². The Morgan fingerprint density at radius 2 is 2.12 bits per heavy atom. The van der Waals surface area contributed by atoms with Crippen molar-refractivity contribution in [1.29, 1.82) is 0 Å². The van der Waals surface area contributed by atoms with Crippen LogP contribution in [-0.2, 0) is 5.75 Å². The van der Waals surface area contributed by atoms with Gasteiger partial charge in [0.05, 0.1) is 13.3 Å². The summed E-state index contributed by atoms with van der Waals surface area (Å²) in [7, 11) is 2.05. The smallest absolute Gasteiger partial charge is 0.159 e. The maximum atomic E-state index is 4.42. The molecule has 5 heteroatoms. The van der Waals surface area contributed by atoms with E-state index in [1.807, 2.05) is 6.07 Å². The number of hydrogen-bond acceptors (Lipinski definition) is 4. The maximum Gasteiger partial charge on any atom is 0.159 e. The zero-order chi connectivity index (χ0) is 10.5. The second-order valence-corrected chi connectivity index (χ2v) is 4.53. The summed E-state index contributed by atoms with van der Waals surface area (Å²) >= 11 is 1.76. The Hall–Kier alpha value is -0.710. The van der Waals surface area contributed by atoms with E-state index < -0.39 is 0 Å². The van der Waals surface area contributed by atoms with E-state index in [2.05, 4.69) is 46.5 Å². The van der Waals surface area contributed by atoms with Crippen LogP contribution in [0, 0.1) is 0 Å². The first-order valence-corrected chi connectivity index (χ1v) is 5.97.